The van der Waals surface area contributed by atoms with Gasteiger partial charge in [-0.05, 0) is 68.7 Å². The van der Waals surface area contributed by atoms with Gasteiger partial charge in [0.15, 0.2) is 0 Å². The molecule has 0 saturated heterocycles. The Morgan fingerprint density at radius 1 is 0.473 bits per heavy atom. The van der Waals surface area contributed by atoms with Crippen LogP contribution in [0.2, 0.25) is 0 Å². The Kier molecular flexibility index (Phi) is 5.42. The van der Waals surface area contributed by atoms with E-state index in [4.69, 9.17) is 9.97 Å². The summed E-state index contributed by atoms with van der Waals surface area (Å²) in [7, 11) is 0. The Labute approximate surface area is 315 Å². The van der Waals surface area contributed by atoms with E-state index in [0.29, 0.717) is 5.95 Å². The van der Waals surface area contributed by atoms with E-state index in [1.807, 2.05) is 0 Å². The van der Waals surface area contributed by atoms with Crippen LogP contribution in [-0.2, 0) is 5.41 Å². The van der Waals surface area contributed by atoms with Crippen molar-refractivity contribution in [1.29, 1.82) is 0 Å². The van der Waals surface area contributed by atoms with Crippen molar-refractivity contribution in [2.24, 2.45) is 0 Å². The van der Waals surface area contributed by atoms with Gasteiger partial charge in [0.1, 0.15) is 0 Å². The zero-order valence-electron chi connectivity index (χ0n) is 30.3. The van der Waals surface area contributed by atoms with Gasteiger partial charge in [-0.2, -0.15) is 0 Å². The topological polar surface area (TPSA) is 35.1 Å². The lowest BCUT2D eigenvalue weighted by atomic mass is 9.81. The Bertz CT molecular complexity index is 3620. The van der Waals surface area contributed by atoms with Crippen molar-refractivity contribution < 1.29 is 0 Å². The first kappa shape index (κ1) is 29.4. The van der Waals surface area contributed by atoms with Gasteiger partial charge in [0.25, 0.3) is 0 Å². The van der Waals surface area contributed by atoms with E-state index < -0.39 is 0 Å². The molecule has 4 nitrogen and oxygen atoms in total. The zero-order chi connectivity index (χ0) is 36.2. The van der Waals surface area contributed by atoms with Crippen molar-refractivity contribution in [2.45, 2.75) is 19.3 Å². The molecule has 0 amide bonds. The average molecular weight is 701 g/mol. The molecule has 0 radical (unpaired) electrons. The van der Waals surface area contributed by atoms with E-state index in [9.17, 15) is 0 Å². The standard InChI is InChI=1S/C51H32N4/c1-51(2)38-22-10-8-18-32(38)37-28-36-35-21-12-20-34-33-19-9-11-23-40(33)54(48(34)35)41-24-13-25-42-45(41)44(36)49(46(37)51)55(42)50-52-39-27-26-29-14-6-7-17-31(29)43(39)47(53-50)30-15-4-3-5-16-30/h3-28H,1-2H3. The molecule has 8 aromatic carbocycles. The van der Waals surface area contributed by atoms with Crippen molar-refractivity contribution >= 4 is 81.6 Å². The van der Waals surface area contributed by atoms with Gasteiger partial charge in [-0.25, -0.2) is 9.97 Å². The van der Waals surface area contributed by atoms with Crippen LogP contribution in [0, 0.1) is 0 Å². The molecule has 13 rings (SSSR count). The van der Waals surface area contributed by atoms with Gasteiger partial charge >= 0.3 is 0 Å². The van der Waals surface area contributed by atoms with Crippen LogP contribution in [0.4, 0.5) is 0 Å². The summed E-state index contributed by atoms with van der Waals surface area (Å²) >= 11 is 0. The Hall–Kier alpha value is -7.04. The minimum absolute atomic E-state index is 0.271. The quantitative estimate of drug-likeness (QED) is 0.168. The third-order valence-corrected chi connectivity index (χ3v) is 12.6. The molecule has 4 aromatic heterocycles. The number of hydrogen-bond donors (Lipinski definition) is 0. The van der Waals surface area contributed by atoms with E-state index in [2.05, 4.69) is 181 Å². The van der Waals surface area contributed by atoms with E-state index in [1.54, 1.807) is 0 Å². The molecule has 55 heavy (non-hydrogen) atoms. The maximum atomic E-state index is 5.66. The first-order valence-corrected chi connectivity index (χ1v) is 19.1. The van der Waals surface area contributed by atoms with Crippen LogP contribution >= 0.6 is 0 Å². The van der Waals surface area contributed by atoms with Crippen LogP contribution in [0.5, 0.6) is 0 Å². The van der Waals surface area contributed by atoms with E-state index in [-0.39, 0.29) is 5.41 Å². The van der Waals surface area contributed by atoms with Crippen LogP contribution in [-0.4, -0.2) is 18.9 Å². The number of benzene rings is 8. The fraction of sp³-hybridized carbons (Fsp3) is 0.0588. The highest BCUT2D eigenvalue weighted by molar-refractivity contribution is 6.33. The van der Waals surface area contributed by atoms with Crippen molar-refractivity contribution in [1.82, 2.24) is 18.9 Å². The Morgan fingerprint density at radius 3 is 2.05 bits per heavy atom. The maximum Gasteiger partial charge on any atom is 0.235 e. The molecule has 0 aliphatic heterocycles. The number of rotatable bonds is 2. The van der Waals surface area contributed by atoms with E-state index in [1.165, 1.54) is 82.0 Å². The van der Waals surface area contributed by atoms with Crippen molar-refractivity contribution in [3.05, 3.63) is 169 Å². The number of aromatic nitrogens is 4. The first-order chi connectivity index (χ1) is 27.1. The van der Waals surface area contributed by atoms with Crippen molar-refractivity contribution in [3.8, 4) is 28.3 Å². The third-order valence-electron chi connectivity index (χ3n) is 12.6. The first-order valence-electron chi connectivity index (χ1n) is 19.1. The molecule has 4 heteroatoms. The predicted molar refractivity (Wildman–Crippen MR) is 229 cm³/mol. The highest BCUT2D eigenvalue weighted by Gasteiger charge is 2.40. The average Bonchev–Trinajstić information content (AvgIpc) is 3.80. The smallest absolute Gasteiger partial charge is 0.235 e. The summed E-state index contributed by atoms with van der Waals surface area (Å²) in [6.07, 6.45) is 0. The highest BCUT2D eigenvalue weighted by Crippen LogP contribution is 2.55. The van der Waals surface area contributed by atoms with E-state index in [0.717, 1.165) is 33.1 Å². The second-order valence-corrected chi connectivity index (χ2v) is 15.7. The maximum absolute atomic E-state index is 5.66. The SMILES string of the molecule is CC1(C)c2ccccc2-c2cc3c4cccc5c6ccccc6n(c6cccc7c6c3c(c21)n7-c1nc(-c2ccccc2)c2c(ccc3ccccc32)n1)c45. The zero-order valence-corrected chi connectivity index (χ0v) is 30.3. The minimum Gasteiger partial charge on any atom is -0.308 e. The van der Waals surface area contributed by atoms with E-state index >= 15 is 0 Å². The summed E-state index contributed by atoms with van der Waals surface area (Å²) in [4.78, 5) is 11.2. The summed E-state index contributed by atoms with van der Waals surface area (Å²) < 4.78 is 4.92. The summed E-state index contributed by atoms with van der Waals surface area (Å²) in [5.74, 6) is 0.682. The molecular weight excluding hydrogens is 669 g/mol. The normalized spacial score (nSPS) is 13.8. The number of nitrogens with zero attached hydrogens (tertiary/aromatic N) is 4. The molecule has 12 aromatic rings. The molecule has 4 heterocycles. The van der Waals surface area contributed by atoms with Gasteiger partial charge in [-0.3, -0.25) is 4.57 Å². The second kappa shape index (κ2) is 10.1. The Balaban J connectivity index is 1.31. The van der Waals surface area contributed by atoms with Crippen molar-refractivity contribution in [2.75, 3.05) is 0 Å². The fourth-order valence-electron chi connectivity index (χ4n) is 10.4. The van der Waals surface area contributed by atoms with Gasteiger partial charge in [0.05, 0.1) is 38.8 Å². The molecule has 0 atom stereocenters. The summed E-state index contributed by atoms with van der Waals surface area (Å²) in [5, 5.41) is 10.9. The molecule has 0 saturated carbocycles. The van der Waals surface area contributed by atoms with Gasteiger partial charge < -0.3 is 4.40 Å². The number of hydrogen-bond acceptors (Lipinski definition) is 2. The number of fused-ring (bicyclic) bond motifs is 12. The van der Waals surface area contributed by atoms with Crippen LogP contribution in [0.1, 0.15) is 25.0 Å². The molecule has 256 valence electrons. The largest absolute Gasteiger partial charge is 0.308 e. The van der Waals surface area contributed by atoms with Crippen LogP contribution < -0.4 is 0 Å². The number of para-hydroxylation sites is 2. The summed E-state index contributed by atoms with van der Waals surface area (Å²) in [6, 6.07) is 57.6. The lowest BCUT2D eigenvalue weighted by Crippen LogP contribution is -2.17. The van der Waals surface area contributed by atoms with Crippen molar-refractivity contribution in [3.63, 3.8) is 0 Å². The highest BCUT2D eigenvalue weighted by atomic mass is 15.2. The second-order valence-electron chi connectivity index (χ2n) is 15.7. The Morgan fingerprint density at radius 2 is 1.16 bits per heavy atom. The molecular formula is C51H32N4. The molecule has 0 fully saturated rings. The fourth-order valence-corrected chi connectivity index (χ4v) is 10.4. The molecule has 0 spiro atoms. The lowest BCUT2D eigenvalue weighted by Gasteiger charge is -2.24. The van der Waals surface area contributed by atoms with Gasteiger partial charge in [0, 0.05) is 43.3 Å². The van der Waals surface area contributed by atoms with Gasteiger partial charge in [-0.1, -0.05) is 141 Å². The minimum atomic E-state index is -0.271. The third kappa shape index (κ3) is 3.57. The van der Waals surface area contributed by atoms with Crippen LogP contribution in [0.3, 0.4) is 0 Å². The monoisotopic (exact) mass is 700 g/mol. The predicted octanol–water partition coefficient (Wildman–Crippen LogP) is 13.0. The molecule has 0 N–H and O–H groups in total. The van der Waals surface area contributed by atoms with Gasteiger partial charge in [-0.15, -0.1) is 0 Å². The van der Waals surface area contributed by atoms with Crippen LogP contribution in [0.25, 0.3) is 110 Å². The summed E-state index contributed by atoms with van der Waals surface area (Å²) in [5.41, 5.74) is 13.9. The molecule has 0 bridgehead atoms. The molecule has 0 unspecified atom stereocenters. The molecule has 1 aliphatic rings. The summed E-state index contributed by atoms with van der Waals surface area (Å²) in [6.45, 7) is 4.78. The molecule has 1 aliphatic carbocycles. The lowest BCUT2D eigenvalue weighted by molar-refractivity contribution is 0.663. The van der Waals surface area contributed by atoms with Crippen LogP contribution in [0.15, 0.2) is 158 Å². The van der Waals surface area contributed by atoms with Gasteiger partial charge in [0.2, 0.25) is 5.95 Å².